The third-order valence-corrected chi connectivity index (χ3v) is 3.58. The molecule has 84 valence electrons. The van der Waals surface area contributed by atoms with Crippen LogP contribution in [0.4, 0.5) is 0 Å². The molecule has 0 aliphatic rings. The third kappa shape index (κ3) is 2.00. The first kappa shape index (κ1) is 12.0. The largest absolute Gasteiger partial charge is 0.234 e. The molecule has 2 rings (SSSR count). The van der Waals surface area contributed by atoms with Gasteiger partial charge in [0.25, 0.3) is 0 Å². The zero-order valence-electron chi connectivity index (χ0n) is 8.89. The van der Waals surface area contributed by atoms with Crippen LogP contribution >= 0.6 is 34.8 Å². The van der Waals surface area contributed by atoms with Gasteiger partial charge in [-0.2, -0.15) is 0 Å². The second-order valence-corrected chi connectivity index (χ2v) is 5.10. The van der Waals surface area contributed by atoms with E-state index in [0.717, 1.165) is 10.9 Å². The van der Waals surface area contributed by atoms with E-state index in [-0.39, 0.29) is 0 Å². The molecular formula is C12H10Cl3N. The lowest BCUT2D eigenvalue weighted by molar-refractivity contribution is 0.862. The second-order valence-electron chi connectivity index (χ2n) is 3.96. The number of hydrogen-bond acceptors (Lipinski definition) is 1. The van der Waals surface area contributed by atoms with Crippen molar-refractivity contribution in [1.29, 1.82) is 0 Å². The van der Waals surface area contributed by atoms with Gasteiger partial charge in [-0.25, -0.2) is 4.98 Å². The first-order valence-electron chi connectivity index (χ1n) is 4.95. The number of aromatic nitrogens is 1. The van der Waals surface area contributed by atoms with E-state index in [1.807, 2.05) is 12.1 Å². The molecule has 1 aromatic carbocycles. The van der Waals surface area contributed by atoms with Crippen LogP contribution < -0.4 is 0 Å². The van der Waals surface area contributed by atoms with Crippen molar-refractivity contribution in [3.8, 4) is 0 Å². The predicted molar refractivity (Wildman–Crippen MR) is 70.9 cm³/mol. The lowest BCUT2D eigenvalue weighted by Crippen LogP contribution is -1.93. The zero-order valence-corrected chi connectivity index (χ0v) is 11.2. The summed E-state index contributed by atoms with van der Waals surface area (Å²) < 4.78 is 0. The molecule has 2 aromatic rings. The Morgan fingerprint density at radius 3 is 2.44 bits per heavy atom. The van der Waals surface area contributed by atoms with E-state index < -0.39 is 0 Å². The van der Waals surface area contributed by atoms with Gasteiger partial charge in [0.1, 0.15) is 5.15 Å². The zero-order chi connectivity index (χ0) is 11.9. The Kier molecular flexibility index (Phi) is 3.29. The average molecular weight is 275 g/mol. The highest BCUT2D eigenvalue weighted by molar-refractivity contribution is 6.45. The van der Waals surface area contributed by atoms with Crippen LogP contribution in [0.2, 0.25) is 15.2 Å². The second kappa shape index (κ2) is 4.40. The third-order valence-electron chi connectivity index (χ3n) is 2.48. The number of fused-ring (bicyclic) bond motifs is 1. The molecule has 0 saturated carbocycles. The van der Waals surface area contributed by atoms with Crippen molar-refractivity contribution in [3.63, 3.8) is 0 Å². The highest BCUT2D eigenvalue weighted by Crippen LogP contribution is 2.33. The van der Waals surface area contributed by atoms with E-state index in [9.17, 15) is 0 Å². The molecule has 0 aliphatic carbocycles. The van der Waals surface area contributed by atoms with E-state index in [1.165, 1.54) is 0 Å². The monoisotopic (exact) mass is 273 g/mol. The maximum atomic E-state index is 6.11. The van der Waals surface area contributed by atoms with Crippen molar-refractivity contribution >= 4 is 45.7 Å². The molecule has 0 amide bonds. The molecule has 0 unspecified atom stereocenters. The van der Waals surface area contributed by atoms with E-state index in [0.29, 0.717) is 26.6 Å². The Labute approximate surface area is 109 Å². The summed E-state index contributed by atoms with van der Waals surface area (Å²) in [5, 5.41) is 2.40. The van der Waals surface area contributed by atoms with Gasteiger partial charge in [0.15, 0.2) is 0 Å². The van der Waals surface area contributed by atoms with E-state index in [2.05, 4.69) is 18.8 Å². The van der Waals surface area contributed by atoms with Gasteiger partial charge in [-0.3, -0.25) is 0 Å². The lowest BCUT2D eigenvalue weighted by atomic mass is 10.0. The maximum Gasteiger partial charge on any atom is 0.133 e. The molecule has 0 fully saturated rings. The molecule has 0 aliphatic heterocycles. The fourth-order valence-corrected chi connectivity index (χ4v) is 2.30. The number of pyridine rings is 1. The number of nitrogens with zero attached hydrogens (tertiary/aromatic N) is 1. The van der Waals surface area contributed by atoms with Crippen molar-refractivity contribution in [1.82, 2.24) is 4.98 Å². The van der Waals surface area contributed by atoms with Crippen molar-refractivity contribution in [2.75, 3.05) is 0 Å². The number of benzene rings is 1. The van der Waals surface area contributed by atoms with Crippen molar-refractivity contribution in [2.24, 2.45) is 0 Å². The highest BCUT2D eigenvalue weighted by atomic mass is 35.5. The fraction of sp³-hybridized carbons (Fsp3) is 0.250. The van der Waals surface area contributed by atoms with E-state index in [1.54, 1.807) is 6.07 Å². The lowest BCUT2D eigenvalue weighted by Gasteiger charge is -2.10. The molecular weight excluding hydrogens is 264 g/mol. The Morgan fingerprint density at radius 1 is 1.12 bits per heavy atom. The van der Waals surface area contributed by atoms with E-state index in [4.69, 9.17) is 34.8 Å². The first-order valence-corrected chi connectivity index (χ1v) is 6.08. The molecule has 1 nitrogen and oxygen atoms in total. The molecule has 0 bridgehead atoms. The molecule has 16 heavy (non-hydrogen) atoms. The van der Waals surface area contributed by atoms with Gasteiger partial charge in [0, 0.05) is 5.39 Å². The molecule has 1 heterocycles. The fourth-order valence-electron chi connectivity index (χ4n) is 1.58. The minimum atomic E-state index is 0.332. The normalized spacial score (nSPS) is 11.4. The summed E-state index contributed by atoms with van der Waals surface area (Å²) >= 11 is 18.1. The average Bonchev–Trinajstić information content (AvgIpc) is 2.23. The standard InChI is InChI=1S/C12H10Cl3N/c1-6(2)8-5-7-3-4-9(13)10(14)11(7)16-12(8)15/h3-6H,1-2H3. The van der Waals surface area contributed by atoms with Crippen LogP contribution in [0.5, 0.6) is 0 Å². The smallest absolute Gasteiger partial charge is 0.133 e. The highest BCUT2D eigenvalue weighted by Gasteiger charge is 2.11. The molecule has 0 atom stereocenters. The van der Waals surface area contributed by atoms with Crippen molar-refractivity contribution in [2.45, 2.75) is 19.8 Å². The maximum absolute atomic E-state index is 6.11. The number of halogens is 3. The van der Waals surface area contributed by atoms with Crippen LogP contribution in [0.25, 0.3) is 10.9 Å². The molecule has 4 heteroatoms. The summed E-state index contributed by atoms with van der Waals surface area (Å²) in [6.45, 7) is 4.15. The Balaban J connectivity index is 2.79. The van der Waals surface area contributed by atoms with Crippen molar-refractivity contribution < 1.29 is 0 Å². The summed E-state index contributed by atoms with van der Waals surface area (Å²) in [6, 6.07) is 5.68. The summed E-state index contributed by atoms with van der Waals surface area (Å²) in [4.78, 5) is 4.31. The van der Waals surface area contributed by atoms with Crippen LogP contribution in [-0.2, 0) is 0 Å². The number of rotatable bonds is 1. The summed E-state index contributed by atoms with van der Waals surface area (Å²) in [6.07, 6.45) is 0. The summed E-state index contributed by atoms with van der Waals surface area (Å²) in [7, 11) is 0. The predicted octanol–water partition coefficient (Wildman–Crippen LogP) is 5.32. The minimum absolute atomic E-state index is 0.332. The SMILES string of the molecule is CC(C)c1cc2ccc(Cl)c(Cl)c2nc1Cl. The van der Waals surface area contributed by atoms with Crippen molar-refractivity contribution in [3.05, 3.63) is 39.0 Å². The van der Waals surface area contributed by atoms with Gasteiger partial charge in [-0.05, 0) is 23.6 Å². The van der Waals surface area contributed by atoms with Crippen LogP contribution in [0.3, 0.4) is 0 Å². The topological polar surface area (TPSA) is 12.9 Å². The van der Waals surface area contributed by atoms with Gasteiger partial charge in [0.2, 0.25) is 0 Å². The summed E-state index contributed by atoms with van der Waals surface area (Å²) in [5.74, 6) is 0.332. The van der Waals surface area contributed by atoms with Crippen LogP contribution in [-0.4, -0.2) is 4.98 Å². The molecule has 0 spiro atoms. The Bertz CT molecular complexity index is 549. The minimum Gasteiger partial charge on any atom is -0.234 e. The van der Waals surface area contributed by atoms with E-state index >= 15 is 0 Å². The first-order chi connectivity index (χ1) is 7.50. The van der Waals surface area contributed by atoms with Gasteiger partial charge in [0.05, 0.1) is 15.6 Å². The molecule has 0 N–H and O–H groups in total. The van der Waals surface area contributed by atoms with Gasteiger partial charge >= 0.3 is 0 Å². The quantitative estimate of drug-likeness (QED) is 0.641. The van der Waals surface area contributed by atoms with Crippen LogP contribution in [0, 0.1) is 0 Å². The Morgan fingerprint density at radius 2 is 1.81 bits per heavy atom. The molecule has 0 radical (unpaired) electrons. The Hall–Kier alpha value is -0.500. The summed E-state index contributed by atoms with van der Waals surface area (Å²) in [5.41, 5.74) is 1.68. The van der Waals surface area contributed by atoms with Gasteiger partial charge < -0.3 is 0 Å². The van der Waals surface area contributed by atoms with Gasteiger partial charge in [-0.15, -0.1) is 0 Å². The molecule has 0 saturated heterocycles. The number of hydrogen-bond donors (Lipinski definition) is 0. The van der Waals surface area contributed by atoms with Crippen LogP contribution in [0.15, 0.2) is 18.2 Å². The van der Waals surface area contributed by atoms with Crippen LogP contribution in [0.1, 0.15) is 25.3 Å². The molecule has 1 aromatic heterocycles. The van der Waals surface area contributed by atoms with Gasteiger partial charge in [-0.1, -0.05) is 54.7 Å².